The van der Waals surface area contributed by atoms with Gasteiger partial charge in [-0.2, -0.15) is 0 Å². The summed E-state index contributed by atoms with van der Waals surface area (Å²) in [6, 6.07) is 79.2. The van der Waals surface area contributed by atoms with E-state index in [1.165, 1.54) is 75.4 Å². The molecule has 0 radical (unpaired) electrons. The molecule has 9 aromatic carbocycles. The Labute approximate surface area is 335 Å². The quantitative estimate of drug-likeness (QED) is 0.158. The van der Waals surface area contributed by atoms with Crippen molar-refractivity contribution in [3.8, 4) is 39.1 Å². The molecule has 0 spiro atoms. The van der Waals surface area contributed by atoms with Crippen LogP contribution in [0.2, 0.25) is 0 Å². The van der Waals surface area contributed by atoms with Gasteiger partial charge in [0.25, 0.3) is 0 Å². The Kier molecular flexibility index (Phi) is 8.04. The lowest BCUT2D eigenvalue weighted by Crippen LogP contribution is -2.10. The minimum atomic E-state index is 1.11. The number of thiophene rings is 1. The van der Waals surface area contributed by atoms with Crippen LogP contribution in [0.4, 0.5) is 17.1 Å². The SMILES string of the molecule is c1ccc(-c2ccc(N(c3ccc(-c4ccccc4)cc3)c3ccc4c(c3)c3ccc5c6cc(-c7ccccc7)ccc6sc5c3n4-c3ccccc3)cc2)cc1. The first-order chi connectivity index (χ1) is 28.3. The molecule has 2 heterocycles. The molecule has 0 saturated carbocycles. The van der Waals surface area contributed by atoms with Gasteiger partial charge < -0.3 is 9.47 Å². The predicted molar refractivity (Wildman–Crippen MR) is 245 cm³/mol. The third-order valence-electron chi connectivity index (χ3n) is 11.2. The van der Waals surface area contributed by atoms with Crippen molar-refractivity contribution in [1.29, 1.82) is 0 Å². The molecule has 268 valence electrons. The second-order valence-electron chi connectivity index (χ2n) is 14.6. The van der Waals surface area contributed by atoms with Crippen molar-refractivity contribution < 1.29 is 0 Å². The molecule has 0 aliphatic carbocycles. The summed E-state index contributed by atoms with van der Waals surface area (Å²) < 4.78 is 5.07. The van der Waals surface area contributed by atoms with Gasteiger partial charge >= 0.3 is 0 Å². The first-order valence-electron chi connectivity index (χ1n) is 19.4. The fourth-order valence-corrected chi connectivity index (χ4v) is 9.65. The summed E-state index contributed by atoms with van der Waals surface area (Å²) >= 11 is 1.89. The third-order valence-corrected chi connectivity index (χ3v) is 12.4. The zero-order valence-corrected chi connectivity index (χ0v) is 31.9. The summed E-state index contributed by atoms with van der Waals surface area (Å²) in [6.45, 7) is 0. The molecule has 2 nitrogen and oxygen atoms in total. The van der Waals surface area contributed by atoms with Crippen LogP contribution in [0.5, 0.6) is 0 Å². The molecule has 0 saturated heterocycles. The number of aromatic nitrogens is 1. The average molecular weight is 745 g/mol. The van der Waals surface area contributed by atoms with Gasteiger partial charge in [0.15, 0.2) is 0 Å². The van der Waals surface area contributed by atoms with Gasteiger partial charge in [0.2, 0.25) is 0 Å². The summed E-state index contributed by atoms with van der Waals surface area (Å²) in [7, 11) is 0. The van der Waals surface area contributed by atoms with Crippen molar-refractivity contribution in [3.05, 3.63) is 218 Å². The zero-order chi connectivity index (χ0) is 37.7. The minimum Gasteiger partial charge on any atom is -0.310 e. The first kappa shape index (κ1) is 33.2. The number of rotatable bonds is 7. The van der Waals surface area contributed by atoms with E-state index in [0.717, 1.165) is 22.7 Å². The highest BCUT2D eigenvalue weighted by Crippen LogP contribution is 2.46. The Balaban J connectivity index is 1.11. The van der Waals surface area contributed by atoms with E-state index in [-0.39, 0.29) is 0 Å². The van der Waals surface area contributed by atoms with E-state index >= 15 is 0 Å². The van der Waals surface area contributed by atoms with Gasteiger partial charge in [-0.15, -0.1) is 11.3 Å². The number of benzene rings is 9. The van der Waals surface area contributed by atoms with Gasteiger partial charge in [-0.25, -0.2) is 0 Å². The molecule has 0 aliphatic rings. The fourth-order valence-electron chi connectivity index (χ4n) is 8.43. The Morgan fingerprint density at radius 2 is 0.807 bits per heavy atom. The lowest BCUT2D eigenvalue weighted by molar-refractivity contribution is 1.19. The van der Waals surface area contributed by atoms with Gasteiger partial charge in [-0.05, 0) is 100 Å². The maximum Gasteiger partial charge on any atom is 0.0719 e. The summed E-state index contributed by atoms with van der Waals surface area (Å²) in [5, 5.41) is 5.06. The molecule has 0 N–H and O–H groups in total. The summed E-state index contributed by atoms with van der Waals surface area (Å²) in [5.41, 5.74) is 14.2. The van der Waals surface area contributed by atoms with E-state index in [0.29, 0.717) is 0 Å². The van der Waals surface area contributed by atoms with Gasteiger partial charge in [0.05, 0.1) is 15.7 Å². The van der Waals surface area contributed by atoms with E-state index in [1.807, 2.05) is 11.3 Å². The van der Waals surface area contributed by atoms with Crippen molar-refractivity contribution in [3.63, 3.8) is 0 Å². The highest BCUT2D eigenvalue weighted by atomic mass is 32.1. The number of para-hydroxylation sites is 1. The Morgan fingerprint density at radius 1 is 0.333 bits per heavy atom. The third kappa shape index (κ3) is 5.80. The Bertz CT molecular complexity index is 3100. The van der Waals surface area contributed by atoms with Crippen LogP contribution in [0.3, 0.4) is 0 Å². The zero-order valence-electron chi connectivity index (χ0n) is 31.1. The molecule has 0 fully saturated rings. The lowest BCUT2D eigenvalue weighted by atomic mass is 10.0. The van der Waals surface area contributed by atoms with E-state index in [1.54, 1.807) is 0 Å². The van der Waals surface area contributed by atoms with Gasteiger partial charge in [0.1, 0.15) is 0 Å². The molecule has 57 heavy (non-hydrogen) atoms. The highest BCUT2D eigenvalue weighted by molar-refractivity contribution is 7.26. The highest BCUT2D eigenvalue weighted by Gasteiger charge is 2.21. The van der Waals surface area contributed by atoms with E-state index in [9.17, 15) is 0 Å². The monoisotopic (exact) mass is 744 g/mol. The number of fused-ring (bicyclic) bond motifs is 7. The normalized spacial score (nSPS) is 11.5. The van der Waals surface area contributed by atoms with Crippen LogP contribution in [-0.4, -0.2) is 4.57 Å². The van der Waals surface area contributed by atoms with Crippen LogP contribution in [0.15, 0.2) is 218 Å². The molecule has 3 heteroatoms. The van der Waals surface area contributed by atoms with Crippen LogP contribution >= 0.6 is 11.3 Å². The maximum atomic E-state index is 2.47. The van der Waals surface area contributed by atoms with Crippen LogP contribution in [0.25, 0.3) is 81.0 Å². The molecular formula is C54H36N2S. The molecule has 0 unspecified atom stereocenters. The predicted octanol–water partition coefficient (Wildman–Crippen LogP) is 15.6. The van der Waals surface area contributed by atoms with E-state index in [2.05, 4.69) is 228 Å². The largest absolute Gasteiger partial charge is 0.310 e. The van der Waals surface area contributed by atoms with E-state index < -0.39 is 0 Å². The van der Waals surface area contributed by atoms with Crippen molar-refractivity contribution in [2.45, 2.75) is 0 Å². The molecule has 0 bridgehead atoms. The molecule has 11 rings (SSSR count). The van der Waals surface area contributed by atoms with Crippen LogP contribution in [0, 0.1) is 0 Å². The molecule has 0 aliphatic heterocycles. The Hall–Kier alpha value is -7.20. The van der Waals surface area contributed by atoms with Crippen molar-refractivity contribution >= 4 is 70.4 Å². The topological polar surface area (TPSA) is 8.17 Å². The molecule has 11 aromatic rings. The van der Waals surface area contributed by atoms with Crippen LogP contribution in [-0.2, 0) is 0 Å². The minimum absolute atomic E-state index is 1.11. The lowest BCUT2D eigenvalue weighted by Gasteiger charge is -2.26. The summed E-state index contributed by atoms with van der Waals surface area (Å²) in [5.74, 6) is 0. The smallest absolute Gasteiger partial charge is 0.0719 e. The number of anilines is 3. The van der Waals surface area contributed by atoms with Crippen molar-refractivity contribution in [2.75, 3.05) is 4.90 Å². The standard InChI is InChI=1S/C54H36N2S/c1-5-13-37(14-6-1)40-21-26-44(27-22-40)55(45-28-23-41(24-29-45)38-15-7-2-8-16-38)46-30-33-51-49(36-46)47-31-32-48-50-35-42(39-17-9-3-10-18-39)25-34-52(50)57-54(48)53(47)56(51)43-19-11-4-12-20-43/h1-36H. The van der Waals surface area contributed by atoms with Crippen LogP contribution in [0.1, 0.15) is 0 Å². The average Bonchev–Trinajstić information content (AvgIpc) is 3.83. The fraction of sp³-hybridized carbons (Fsp3) is 0. The van der Waals surface area contributed by atoms with Crippen molar-refractivity contribution in [1.82, 2.24) is 4.57 Å². The van der Waals surface area contributed by atoms with Crippen molar-refractivity contribution in [2.24, 2.45) is 0 Å². The second-order valence-corrected chi connectivity index (χ2v) is 15.6. The van der Waals surface area contributed by atoms with Gasteiger partial charge in [-0.1, -0.05) is 152 Å². The molecular weight excluding hydrogens is 709 g/mol. The first-order valence-corrected chi connectivity index (χ1v) is 20.2. The Morgan fingerprint density at radius 3 is 1.39 bits per heavy atom. The summed E-state index contributed by atoms with van der Waals surface area (Å²) in [6.07, 6.45) is 0. The number of hydrogen-bond acceptors (Lipinski definition) is 2. The molecule has 0 amide bonds. The van der Waals surface area contributed by atoms with E-state index in [4.69, 9.17) is 0 Å². The van der Waals surface area contributed by atoms with Gasteiger partial charge in [0, 0.05) is 49.0 Å². The second kappa shape index (κ2) is 13.8. The number of nitrogens with zero attached hydrogens (tertiary/aromatic N) is 2. The van der Waals surface area contributed by atoms with Crippen LogP contribution < -0.4 is 4.90 Å². The number of hydrogen-bond donors (Lipinski definition) is 0. The molecule has 0 atom stereocenters. The van der Waals surface area contributed by atoms with Gasteiger partial charge in [-0.3, -0.25) is 0 Å². The molecule has 2 aromatic heterocycles. The maximum absolute atomic E-state index is 2.47. The summed E-state index contributed by atoms with van der Waals surface area (Å²) in [4.78, 5) is 2.39.